The van der Waals surface area contributed by atoms with Gasteiger partial charge >= 0.3 is 0 Å². The van der Waals surface area contributed by atoms with Crippen molar-refractivity contribution < 1.29 is 0 Å². The molecule has 0 amide bonds. The first-order valence-corrected chi connectivity index (χ1v) is 5.71. The molecule has 1 aliphatic heterocycles. The van der Waals surface area contributed by atoms with E-state index in [2.05, 4.69) is 28.2 Å². The number of nitrogens with one attached hydrogen (secondary N) is 1. The predicted molar refractivity (Wildman–Crippen MR) is 76.6 cm³/mol. The van der Waals surface area contributed by atoms with E-state index in [0.717, 1.165) is 26.2 Å². The number of halogens is 3. The largest absolute Gasteiger partial charge is 0.314 e. The minimum Gasteiger partial charge on any atom is -0.314 e. The number of pyridine rings is 1. The van der Waals surface area contributed by atoms with Crippen molar-refractivity contribution in [3.05, 3.63) is 29.0 Å². The van der Waals surface area contributed by atoms with E-state index in [9.17, 15) is 0 Å². The lowest BCUT2D eigenvalue weighted by molar-refractivity contribution is 0.185. The fourth-order valence-corrected chi connectivity index (χ4v) is 2.03. The minimum atomic E-state index is 0. The maximum atomic E-state index is 5.77. The van der Waals surface area contributed by atoms with Crippen molar-refractivity contribution in [2.45, 2.75) is 13.0 Å². The second-order valence-electron chi connectivity index (χ2n) is 3.88. The van der Waals surface area contributed by atoms with Crippen molar-refractivity contribution in [2.24, 2.45) is 0 Å². The molecular weight excluding hydrogens is 281 g/mol. The first kappa shape index (κ1) is 16.9. The summed E-state index contributed by atoms with van der Waals surface area (Å²) in [5.41, 5.74) is 1.24. The van der Waals surface area contributed by atoms with Gasteiger partial charge in [-0.3, -0.25) is 4.90 Å². The molecule has 0 unspecified atom stereocenters. The Morgan fingerprint density at radius 3 is 2.47 bits per heavy atom. The van der Waals surface area contributed by atoms with Gasteiger partial charge in [-0.15, -0.1) is 24.8 Å². The van der Waals surface area contributed by atoms with Crippen LogP contribution in [0.25, 0.3) is 0 Å². The molecule has 0 aliphatic carbocycles. The standard InChI is InChI=1S/C11H16ClN3.2ClH/c1-9(15-6-4-13-5-7-15)10-2-3-11(12)14-8-10;;/h2-3,8-9,13H,4-7H2,1H3;2*1H/t9-;;/m0../s1. The molecule has 2 rings (SSSR count). The van der Waals surface area contributed by atoms with Gasteiger partial charge in [-0.05, 0) is 18.6 Å². The lowest BCUT2D eigenvalue weighted by Gasteiger charge is -2.32. The lowest BCUT2D eigenvalue weighted by atomic mass is 10.1. The third-order valence-electron chi connectivity index (χ3n) is 2.93. The van der Waals surface area contributed by atoms with E-state index in [-0.39, 0.29) is 24.8 Å². The van der Waals surface area contributed by atoms with Crippen LogP contribution in [0.15, 0.2) is 18.3 Å². The van der Waals surface area contributed by atoms with Crippen LogP contribution < -0.4 is 5.32 Å². The van der Waals surface area contributed by atoms with Gasteiger partial charge in [0, 0.05) is 38.4 Å². The summed E-state index contributed by atoms with van der Waals surface area (Å²) in [4.78, 5) is 6.58. The Bertz CT molecular complexity index is 312. The summed E-state index contributed by atoms with van der Waals surface area (Å²) < 4.78 is 0. The van der Waals surface area contributed by atoms with Gasteiger partial charge in [0.2, 0.25) is 0 Å². The minimum absolute atomic E-state index is 0. The number of hydrogen-bond donors (Lipinski definition) is 1. The topological polar surface area (TPSA) is 28.2 Å². The van der Waals surface area contributed by atoms with Crippen LogP contribution in [0.2, 0.25) is 5.15 Å². The molecule has 98 valence electrons. The molecule has 0 aromatic carbocycles. The molecule has 0 radical (unpaired) electrons. The molecule has 1 fully saturated rings. The van der Waals surface area contributed by atoms with Gasteiger partial charge in [-0.1, -0.05) is 17.7 Å². The summed E-state index contributed by atoms with van der Waals surface area (Å²) >= 11 is 5.77. The third-order valence-corrected chi connectivity index (χ3v) is 3.16. The van der Waals surface area contributed by atoms with Crippen LogP contribution >= 0.6 is 36.4 Å². The van der Waals surface area contributed by atoms with Gasteiger partial charge < -0.3 is 5.32 Å². The Morgan fingerprint density at radius 2 is 1.94 bits per heavy atom. The summed E-state index contributed by atoms with van der Waals surface area (Å²) in [6.07, 6.45) is 1.87. The van der Waals surface area contributed by atoms with E-state index < -0.39 is 0 Å². The highest BCUT2D eigenvalue weighted by Gasteiger charge is 2.17. The highest BCUT2D eigenvalue weighted by Crippen LogP contribution is 2.20. The van der Waals surface area contributed by atoms with E-state index in [1.807, 2.05) is 12.3 Å². The molecule has 1 aliphatic rings. The molecule has 17 heavy (non-hydrogen) atoms. The quantitative estimate of drug-likeness (QED) is 0.851. The van der Waals surface area contributed by atoms with Crippen molar-refractivity contribution in [3.63, 3.8) is 0 Å². The fourth-order valence-electron chi connectivity index (χ4n) is 1.91. The summed E-state index contributed by atoms with van der Waals surface area (Å²) in [5, 5.41) is 3.91. The van der Waals surface area contributed by atoms with Crippen molar-refractivity contribution >= 4 is 36.4 Å². The number of piperazine rings is 1. The zero-order valence-electron chi connectivity index (χ0n) is 9.73. The molecule has 1 aromatic heterocycles. The van der Waals surface area contributed by atoms with Crippen LogP contribution in [0.4, 0.5) is 0 Å². The average Bonchev–Trinajstić information content (AvgIpc) is 2.30. The second kappa shape index (κ2) is 8.11. The lowest BCUT2D eigenvalue weighted by Crippen LogP contribution is -2.44. The first-order chi connectivity index (χ1) is 7.27. The SMILES string of the molecule is C[C@@H](c1ccc(Cl)nc1)N1CCNCC1.Cl.Cl. The Hall–Kier alpha value is -0.0600. The zero-order chi connectivity index (χ0) is 10.7. The molecule has 0 spiro atoms. The summed E-state index contributed by atoms with van der Waals surface area (Å²) in [6, 6.07) is 4.34. The van der Waals surface area contributed by atoms with E-state index in [0.29, 0.717) is 11.2 Å². The highest BCUT2D eigenvalue weighted by molar-refractivity contribution is 6.29. The molecule has 1 N–H and O–H groups in total. The van der Waals surface area contributed by atoms with Crippen LogP contribution in [-0.2, 0) is 0 Å². The van der Waals surface area contributed by atoms with Crippen molar-refractivity contribution in [1.82, 2.24) is 15.2 Å². The smallest absolute Gasteiger partial charge is 0.129 e. The van der Waals surface area contributed by atoms with Crippen molar-refractivity contribution in [2.75, 3.05) is 26.2 Å². The Kier molecular flexibility index (Phi) is 8.09. The van der Waals surface area contributed by atoms with Crippen molar-refractivity contribution in [3.8, 4) is 0 Å². The molecular formula is C11H18Cl3N3. The molecule has 1 saturated heterocycles. The normalized spacial score (nSPS) is 17.8. The van der Waals surface area contributed by atoms with Gasteiger partial charge in [0.15, 0.2) is 0 Å². The van der Waals surface area contributed by atoms with E-state index in [4.69, 9.17) is 11.6 Å². The summed E-state index contributed by atoms with van der Waals surface area (Å²) in [5.74, 6) is 0. The molecule has 0 saturated carbocycles. The number of rotatable bonds is 2. The molecule has 3 nitrogen and oxygen atoms in total. The zero-order valence-corrected chi connectivity index (χ0v) is 12.1. The molecule has 2 heterocycles. The van der Waals surface area contributed by atoms with Crippen LogP contribution in [0.1, 0.15) is 18.5 Å². The Labute approximate surface area is 120 Å². The fraction of sp³-hybridized carbons (Fsp3) is 0.545. The molecule has 1 aromatic rings. The van der Waals surface area contributed by atoms with Gasteiger partial charge in [-0.2, -0.15) is 0 Å². The molecule has 0 bridgehead atoms. The van der Waals surface area contributed by atoms with Crippen molar-refractivity contribution in [1.29, 1.82) is 0 Å². The maximum Gasteiger partial charge on any atom is 0.129 e. The van der Waals surface area contributed by atoms with Gasteiger partial charge in [0.05, 0.1) is 0 Å². The average molecular weight is 299 g/mol. The Morgan fingerprint density at radius 1 is 1.29 bits per heavy atom. The number of hydrogen-bond acceptors (Lipinski definition) is 3. The van der Waals surface area contributed by atoms with E-state index in [1.165, 1.54) is 5.56 Å². The van der Waals surface area contributed by atoms with Crippen LogP contribution in [0.3, 0.4) is 0 Å². The van der Waals surface area contributed by atoms with E-state index >= 15 is 0 Å². The highest BCUT2D eigenvalue weighted by atomic mass is 35.5. The Balaban J connectivity index is 0.00000128. The van der Waals surface area contributed by atoms with Gasteiger partial charge in [-0.25, -0.2) is 4.98 Å². The van der Waals surface area contributed by atoms with Crippen LogP contribution in [0, 0.1) is 0 Å². The van der Waals surface area contributed by atoms with Gasteiger partial charge in [0.25, 0.3) is 0 Å². The summed E-state index contributed by atoms with van der Waals surface area (Å²) in [7, 11) is 0. The number of aromatic nitrogens is 1. The van der Waals surface area contributed by atoms with Crippen LogP contribution in [-0.4, -0.2) is 36.1 Å². The third kappa shape index (κ3) is 4.60. The molecule has 6 heteroatoms. The van der Waals surface area contributed by atoms with Gasteiger partial charge in [0.1, 0.15) is 5.15 Å². The predicted octanol–water partition coefficient (Wildman–Crippen LogP) is 2.54. The molecule has 1 atom stereocenters. The summed E-state index contributed by atoms with van der Waals surface area (Å²) in [6.45, 7) is 6.57. The maximum absolute atomic E-state index is 5.77. The first-order valence-electron chi connectivity index (χ1n) is 5.33. The van der Waals surface area contributed by atoms with Crippen LogP contribution in [0.5, 0.6) is 0 Å². The second-order valence-corrected chi connectivity index (χ2v) is 4.26. The monoisotopic (exact) mass is 297 g/mol. The number of nitrogens with zero attached hydrogens (tertiary/aromatic N) is 2. The van der Waals surface area contributed by atoms with E-state index in [1.54, 1.807) is 0 Å².